The fourth-order valence-electron chi connectivity index (χ4n) is 1.03. The van der Waals surface area contributed by atoms with Crippen LogP contribution >= 0.6 is 15.9 Å². The van der Waals surface area contributed by atoms with Gasteiger partial charge < -0.3 is 10.5 Å². The molecule has 1 aromatic rings. The van der Waals surface area contributed by atoms with Crippen molar-refractivity contribution in [2.45, 2.75) is 6.04 Å². The fraction of sp³-hybridized carbons (Fsp3) is 0.200. The molecule has 15 heavy (non-hydrogen) atoms. The smallest absolute Gasteiger partial charge is 0.330 e. The molecule has 0 aliphatic heterocycles. The SMILES string of the molecule is COC(=O)C(N)C(=O)c1ccc(Br)cc1. The number of methoxy groups -OCH3 is 1. The standard InChI is InChI=1S/C10H10BrNO3/c1-15-10(14)8(12)9(13)6-2-4-7(11)5-3-6/h2-5,8H,12H2,1H3. The number of hydrogen-bond acceptors (Lipinski definition) is 4. The maximum Gasteiger partial charge on any atom is 0.330 e. The van der Waals surface area contributed by atoms with Crippen molar-refractivity contribution in [1.82, 2.24) is 0 Å². The molecule has 0 heterocycles. The minimum atomic E-state index is -1.25. The zero-order valence-corrected chi connectivity index (χ0v) is 9.65. The molecular formula is C10H10BrNO3. The number of ether oxygens (including phenoxy) is 1. The van der Waals surface area contributed by atoms with Crippen molar-refractivity contribution in [1.29, 1.82) is 0 Å². The molecule has 0 aromatic heterocycles. The Bertz CT molecular complexity index is 375. The van der Waals surface area contributed by atoms with Crippen LogP contribution in [0.5, 0.6) is 0 Å². The predicted molar refractivity (Wildman–Crippen MR) is 58.5 cm³/mol. The lowest BCUT2D eigenvalue weighted by atomic mass is 10.1. The van der Waals surface area contributed by atoms with Crippen LogP contribution in [0.25, 0.3) is 0 Å². The quantitative estimate of drug-likeness (QED) is 0.508. The number of carbonyl (C=O) groups is 2. The van der Waals surface area contributed by atoms with Crippen molar-refractivity contribution in [3.63, 3.8) is 0 Å². The third-order valence-corrected chi connectivity index (χ3v) is 2.39. The van der Waals surface area contributed by atoms with Gasteiger partial charge >= 0.3 is 5.97 Å². The van der Waals surface area contributed by atoms with Crippen molar-refractivity contribution in [3.05, 3.63) is 34.3 Å². The minimum Gasteiger partial charge on any atom is -0.468 e. The van der Waals surface area contributed by atoms with Gasteiger partial charge in [-0.15, -0.1) is 0 Å². The second-order valence-corrected chi connectivity index (χ2v) is 3.79. The van der Waals surface area contributed by atoms with Crippen molar-refractivity contribution in [3.8, 4) is 0 Å². The van der Waals surface area contributed by atoms with E-state index in [2.05, 4.69) is 20.7 Å². The van der Waals surface area contributed by atoms with Gasteiger partial charge in [-0.3, -0.25) is 4.79 Å². The van der Waals surface area contributed by atoms with Gasteiger partial charge in [-0.1, -0.05) is 28.1 Å². The average Bonchev–Trinajstić information content (AvgIpc) is 2.27. The highest BCUT2D eigenvalue weighted by Crippen LogP contribution is 2.11. The maximum absolute atomic E-state index is 11.6. The number of benzene rings is 1. The number of Topliss-reactive ketones (excluding diaryl/α,β-unsaturated/α-hetero) is 1. The summed E-state index contributed by atoms with van der Waals surface area (Å²) in [5, 5.41) is 0. The minimum absolute atomic E-state index is 0.385. The van der Waals surface area contributed by atoms with E-state index >= 15 is 0 Å². The van der Waals surface area contributed by atoms with Crippen molar-refractivity contribution in [2.24, 2.45) is 5.73 Å². The Balaban J connectivity index is 2.85. The molecule has 1 atom stereocenters. The topological polar surface area (TPSA) is 69.4 Å². The van der Waals surface area contributed by atoms with E-state index in [4.69, 9.17) is 5.73 Å². The summed E-state index contributed by atoms with van der Waals surface area (Å²) in [4.78, 5) is 22.6. The van der Waals surface area contributed by atoms with Gasteiger partial charge in [0.2, 0.25) is 0 Å². The molecule has 0 fully saturated rings. The number of hydrogen-bond donors (Lipinski definition) is 1. The van der Waals surface area contributed by atoms with Crippen LogP contribution in [-0.4, -0.2) is 24.9 Å². The van der Waals surface area contributed by atoms with E-state index in [1.54, 1.807) is 24.3 Å². The summed E-state index contributed by atoms with van der Waals surface area (Å²) < 4.78 is 5.24. The summed E-state index contributed by atoms with van der Waals surface area (Å²) in [5.74, 6) is -1.18. The summed E-state index contributed by atoms with van der Waals surface area (Å²) in [6, 6.07) is 5.34. The first-order chi connectivity index (χ1) is 7.06. The molecule has 1 unspecified atom stereocenters. The van der Waals surface area contributed by atoms with Crippen LogP contribution in [0.3, 0.4) is 0 Å². The Morgan fingerprint density at radius 3 is 2.33 bits per heavy atom. The largest absolute Gasteiger partial charge is 0.468 e. The average molecular weight is 272 g/mol. The summed E-state index contributed by atoms with van der Waals surface area (Å²) in [6.07, 6.45) is 0. The van der Waals surface area contributed by atoms with E-state index in [1.807, 2.05) is 0 Å². The molecule has 4 nitrogen and oxygen atoms in total. The molecule has 0 spiro atoms. The molecule has 0 saturated carbocycles. The molecule has 0 aliphatic carbocycles. The van der Waals surface area contributed by atoms with E-state index in [1.165, 1.54) is 7.11 Å². The summed E-state index contributed by atoms with van der Waals surface area (Å²) in [6.45, 7) is 0. The zero-order chi connectivity index (χ0) is 11.4. The van der Waals surface area contributed by atoms with Gasteiger partial charge in [0, 0.05) is 10.0 Å². The van der Waals surface area contributed by atoms with Crippen molar-refractivity contribution < 1.29 is 14.3 Å². The Morgan fingerprint density at radius 1 is 1.33 bits per heavy atom. The highest BCUT2D eigenvalue weighted by molar-refractivity contribution is 9.10. The van der Waals surface area contributed by atoms with Gasteiger partial charge in [0.15, 0.2) is 11.8 Å². The first-order valence-corrected chi connectivity index (χ1v) is 4.98. The molecule has 2 N–H and O–H groups in total. The molecular weight excluding hydrogens is 262 g/mol. The van der Waals surface area contributed by atoms with Gasteiger partial charge in [-0.25, -0.2) is 4.79 Å². The van der Waals surface area contributed by atoms with Crippen LogP contribution in [-0.2, 0) is 9.53 Å². The summed E-state index contributed by atoms with van der Waals surface area (Å²) in [7, 11) is 1.19. The third kappa shape index (κ3) is 2.87. The van der Waals surface area contributed by atoms with E-state index in [0.717, 1.165) is 4.47 Å². The van der Waals surface area contributed by atoms with Gasteiger partial charge in [0.25, 0.3) is 0 Å². The molecule has 1 rings (SSSR count). The second kappa shape index (κ2) is 5.04. The van der Waals surface area contributed by atoms with Gasteiger partial charge in [0.05, 0.1) is 7.11 Å². The molecule has 80 valence electrons. The predicted octanol–water partition coefficient (Wildman–Crippen LogP) is 1.13. The monoisotopic (exact) mass is 271 g/mol. The highest BCUT2D eigenvalue weighted by Gasteiger charge is 2.23. The summed E-state index contributed by atoms with van der Waals surface area (Å²) >= 11 is 3.24. The zero-order valence-electron chi connectivity index (χ0n) is 8.07. The number of rotatable bonds is 3. The van der Waals surface area contributed by atoms with Crippen LogP contribution in [0.2, 0.25) is 0 Å². The number of carbonyl (C=O) groups excluding carboxylic acids is 2. The summed E-state index contributed by atoms with van der Waals surface area (Å²) in [5.41, 5.74) is 5.79. The molecule has 0 aliphatic rings. The lowest BCUT2D eigenvalue weighted by Gasteiger charge is -2.07. The van der Waals surface area contributed by atoms with Crippen LogP contribution in [0.4, 0.5) is 0 Å². The van der Waals surface area contributed by atoms with Crippen LogP contribution in [0, 0.1) is 0 Å². The molecule has 1 aromatic carbocycles. The first-order valence-electron chi connectivity index (χ1n) is 4.19. The number of esters is 1. The Kier molecular flexibility index (Phi) is 3.99. The van der Waals surface area contributed by atoms with Gasteiger partial charge in [-0.2, -0.15) is 0 Å². The normalized spacial score (nSPS) is 11.9. The Labute approximate surface area is 95.5 Å². The third-order valence-electron chi connectivity index (χ3n) is 1.87. The van der Waals surface area contributed by atoms with Crippen LogP contribution in [0.15, 0.2) is 28.7 Å². The number of nitrogens with two attached hydrogens (primary N) is 1. The number of halogens is 1. The Morgan fingerprint density at radius 2 is 1.87 bits per heavy atom. The molecule has 0 radical (unpaired) electrons. The molecule has 5 heteroatoms. The van der Waals surface area contributed by atoms with Crippen LogP contribution < -0.4 is 5.73 Å². The fourth-order valence-corrected chi connectivity index (χ4v) is 1.29. The maximum atomic E-state index is 11.6. The van der Waals surface area contributed by atoms with E-state index in [-0.39, 0.29) is 0 Å². The Hall–Kier alpha value is -1.20. The van der Waals surface area contributed by atoms with E-state index in [0.29, 0.717) is 5.56 Å². The second-order valence-electron chi connectivity index (χ2n) is 2.87. The molecule has 0 bridgehead atoms. The lowest BCUT2D eigenvalue weighted by Crippen LogP contribution is -2.39. The number of ketones is 1. The van der Waals surface area contributed by atoms with Crippen molar-refractivity contribution >= 4 is 27.7 Å². The molecule has 0 amide bonds. The van der Waals surface area contributed by atoms with E-state index < -0.39 is 17.8 Å². The van der Waals surface area contributed by atoms with Crippen molar-refractivity contribution in [2.75, 3.05) is 7.11 Å². The van der Waals surface area contributed by atoms with Gasteiger partial charge in [-0.05, 0) is 12.1 Å². The lowest BCUT2D eigenvalue weighted by molar-refractivity contribution is -0.140. The van der Waals surface area contributed by atoms with Crippen LogP contribution in [0.1, 0.15) is 10.4 Å². The van der Waals surface area contributed by atoms with Gasteiger partial charge in [0.1, 0.15) is 0 Å². The van der Waals surface area contributed by atoms with E-state index in [9.17, 15) is 9.59 Å². The molecule has 0 saturated heterocycles. The first kappa shape index (κ1) is 11.9. The highest BCUT2D eigenvalue weighted by atomic mass is 79.9.